The van der Waals surface area contributed by atoms with Gasteiger partial charge in [-0.1, -0.05) is 30.7 Å². The van der Waals surface area contributed by atoms with Gasteiger partial charge in [-0.25, -0.2) is 0 Å². The summed E-state index contributed by atoms with van der Waals surface area (Å²) >= 11 is 11.4. The fraction of sp³-hybridized carbons (Fsp3) is 0.348. The molecular weight excluding hydrogens is 432 g/mol. The molecule has 1 aliphatic heterocycles. The number of nitrogens with zero attached hydrogens (tertiary/aromatic N) is 2. The Kier molecular flexibility index (Phi) is 6.55. The first-order valence-electron chi connectivity index (χ1n) is 10.5. The van der Waals surface area contributed by atoms with Crippen molar-refractivity contribution in [2.75, 3.05) is 19.6 Å². The molecule has 1 amide bonds. The van der Waals surface area contributed by atoms with E-state index in [4.69, 9.17) is 23.8 Å². The van der Waals surface area contributed by atoms with Crippen LogP contribution in [0.2, 0.25) is 5.02 Å². The number of halogens is 1. The molecule has 0 radical (unpaired) electrons. The summed E-state index contributed by atoms with van der Waals surface area (Å²) in [5.74, 6) is -0.144. The average Bonchev–Trinajstić information content (AvgIpc) is 3.23. The van der Waals surface area contributed by atoms with E-state index in [9.17, 15) is 9.59 Å². The lowest BCUT2D eigenvalue weighted by atomic mass is 10.1. The Hall–Kier alpha value is -2.48. The molecule has 0 unspecified atom stereocenters. The SMILES string of the molecule is CCN1CCC[C@@H]1CNC(=O)c1ccc2c(=O)n(Cc3ccc(Cl)cc3)c(=S)[nH]c2c1. The molecule has 6 nitrogen and oxygen atoms in total. The van der Waals surface area contributed by atoms with Gasteiger partial charge in [0, 0.05) is 23.2 Å². The molecule has 2 N–H and O–H groups in total. The average molecular weight is 457 g/mol. The lowest BCUT2D eigenvalue weighted by Gasteiger charge is -2.22. The molecule has 8 heteroatoms. The normalized spacial score (nSPS) is 16.6. The van der Waals surface area contributed by atoms with Crippen molar-refractivity contribution in [3.8, 4) is 0 Å². The van der Waals surface area contributed by atoms with Crippen LogP contribution in [0.5, 0.6) is 0 Å². The number of rotatable bonds is 6. The molecule has 1 aromatic heterocycles. The van der Waals surface area contributed by atoms with Crippen LogP contribution in [0.1, 0.15) is 35.7 Å². The number of nitrogens with one attached hydrogen (secondary N) is 2. The van der Waals surface area contributed by atoms with Crippen molar-refractivity contribution in [1.29, 1.82) is 0 Å². The van der Waals surface area contributed by atoms with Gasteiger partial charge in [-0.2, -0.15) is 0 Å². The maximum Gasteiger partial charge on any atom is 0.262 e. The Labute approximate surface area is 190 Å². The summed E-state index contributed by atoms with van der Waals surface area (Å²) in [7, 11) is 0. The van der Waals surface area contributed by atoms with Gasteiger partial charge in [0.2, 0.25) is 0 Å². The van der Waals surface area contributed by atoms with E-state index in [0.717, 1.165) is 25.1 Å². The highest BCUT2D eigenvalue weighted by Gasteiger charge is 2.23. The zero-order chi connectivity index (χ0) is 22.0. The summed E-state index contributed by atoms with van der Waals surface area (Å²) in [5.41, 5.74) is 1.81. The summed E-state index contributed by atoms with van der Waals surface area (Å²) in [5, 5.41) is 4.17. The van der Waals surface area contributed by atoms with Crippen LogP contribution in [0.25, 0.3) is 10.9 Å². The standard InChI is InChI=1S/C23H25ClN4O2S/c1-2-27-11-3-4-18(27)13-25-21(29)16-7-10-19-20(12-16)26-23(31)28(22(19)30)14-15-5-8-17(24)9-6-15/h5-10,12,18H,2-4,11,13-14H2,1H3,(H,25,29)(H,26,31)/t18-/m1/s1. The van der Waals surface area contributed by atoms with Crippen LogP contribution in [0.15, 0.2) is 47.3 Å². The van der Waals surface area contributed by atoms with E-state index in [2.05, 4.69) is 22.1 Å². The number of aromatic amines is 1. The molecule has 0 bridgehead atoms. The number of fused-ring (bicyclic) bond motifs is 1. The summed E-state index contributed by atoms with van der Waals surface area (Å²) < 4.78 is 1.83. The second-order valence-corrected chi connectivity index (χ2v) is 8.67. The third kappa shape index (κ3) is 4.74. The maximum atomic E-state index is 13.0. The predicted octanol–water partition coefficient (Wildman–Crippen LogP) is 3.97. The lowest BCUT2D eigenvalue weighted by Crippen LogP contribution is -2.40. The number of likely N-dealkylation sites (N-methyl/N-ethyl adjacent to an activating group) is 1. The molecule has 0 aliphatic carbocycles. The van der Waals surface area contributed by atoms with E-state index in [0.29, 0.717) is 45.4 Å². The number of likely N-dealkylation sites (tertiary alicyclic amines) is 1. The van der Waals surface area contributed by atoms with E-state index in [1.165, 1.54) is 11.0 Å². The summed E-state index contributed by atoms with van der Waals surface area (Å²) in [6, 6.07) is 12.8. The van der Waals surface area contributed by atoms with Crippen LogP contribution in [0, 0.1) is 4.77 Å². The number of H-pyrrole nitrogens is 1. The van der Waals surface area contributed by atoms with Crippen molar-refractivity contribution < 1.29 is 4.79 Å². The van der Waals surface area contributed by atoms with E-state index < -0.39 is 0 Å². The van der Waals surface area contributed by atoms with Crippen molar-refractivity contribution in [1.82, 2.24) is 19.8 Å². The molecule has 0 spiro atoms. The Morgan fingerprint density at radius 2 is 2.03 bits per heavy atom. The highest BCUT2D eigenvalue weighted by atomic mass is 35.5. The van der Waals surface area contributed by atoms with Gasteiger partial charge in [0.25, 0.3) is 11.5 Å². The quantitative estimate of drug-likeness (QED) is 0.550. The topological polar surface area (TPSA) is 70.1 Å². The fourth-order valence-electron chi connectivity index (χ4n) is 4.17. The molecule has 3 aromatic rings. The highest BCUT2D eigenvalue weighted by Crippen LogP contribution is 2.17. The Balaban J connectivity index is 1.55. The zero-order valence-electron chi connectivity index (χ0n) is 17.4. The van der Waals surface area contributed by atoms with E-state index in [1.807, 2.05) is 12.1 Å². The van der Waals surface area contributed by atoms with Gasteiger partial charge in [0.05, 0.1) is 17.4 Å². The first kappa shape index (κ1) is 21.7. The minimum absolute atomic E-state index is 0.144. The maximum absolute atomic E-state index is 13.0. The molecule has 2 aromatic carbocycles. The Bertz CT molecular complexity index is 1220. The fourth-order valence-corrected chi connectivity index (χ4v) is 4.55. The Morgan fingerprint density at radius 1 is 1.26 bits per heavy atom. The first-order valence-corrected chi connectivity index (χ1v) is 11.3. The van der Waals surface area contributed by atoms with Crippen LogP contribution in [0.4, 0.5) is 0 Å². The largest absolute Gasteiger partial charge is 0.350 e. The monoisotopic (exact) mass is 456 g/mol. The van der Waals surface area contributed by atoms with Crippen molar-refractivity contribution in [2.24, 2.45) is 0 Å². The van der Waals surface area contributed by atoms with Gasteiger partial charge in [0.15, 0.2) is 4.77 Å². The Morgan fingerprint density at radius 3 is 2.77 bits per heavy atom. The molecule has 1 aliphatic rings. The summed E-state index contributed by atoms with van der Waals surface area (Å²) in [4.78, 5) is 31.2. The molecule has 162 valence electrons. The van der Waals surface area contributed by atoms with Gasteiger partial charge in [-0.05, 0) is 74.0 Å². The highest BCUT2D eigenvalue weighted by molar-refractivity contribution is 7.71. The molecule has 2 heterocycles. The summed E-state index contributed by atoms with van der Waals surface area (Å²) in [6.45, 7) is 5.20. The molecule has 4 rings (SSSR count). The van der Waals surface area contributed by atoms with Gasteiger partial charge >= 0.3 is 0 Å². The number of benzene rings is 2. The van der Waals surface area contributed by atoms with Crippen molar-refractivity contribution in [2.45, 2.75) is 32.4 Å². The number of hydrogen-bond acceptors (Lipinski definition) is 4. The van der Waals surface area contributed by atoms with Gasteiger partial charge in [0.1, 0.15) is 0 Å². The molecular formula is C23H25ClN4O2S. The van der Waals surface area contributed by atoms with E-state index >= 15 is 0 Å². The van der Waals surface area contributed by atoms with Crippen molar-refractivity contribution >= 4 is 40.6 Å². The van der Waals surface area contributed by atoms with Crippen molar-refractivity contribution in [3.63, 3.8) is 0 Å². The van der Waals surface area contributed by atoms with Crippen LogP contribution in [-0.2, 0) is 6.54 Å². The minimum Gasteiger partial charge on any atom is -0.350 e. The van der Waals surface area contributed by atoms with Crippen molar-refractivity contribution in [3.05, 3.63) is 73.7 Å². The predicted molar refractivity (Wildman–Crippen MR) is 127 cm³/mol. The third-order valence-electron chi connectivity index (χ3n) is 5.90. The van der Waals surface area contributed by atoms with Crippen LogP contribution < -0.4 is 10.9 Å². The number of hydrogen-bond donors (Lipinski definition) is 2. The molecule has 0 saturated carbocycles. The minimum atomic E-state index is -0.190. The van der Waals surface area contributed by atoms with Crippen LogP contribution in [-0.4, -0.2) is 46.0 Å². The van der Waals surface area contributed by atoms with Gasteiger partial charge in [-0.15, -0.1) is 0 Å². The second-order valence-electron chi connectivity index (χ2n) is 7.84. The van der Waals surface area contributed by atoms with E-state index in [1.54, 1.807) is 30.3 Å². The third-order valence-corrected chi connectivity index (χ3v) is 6.48. The van der Waals surface area contributed by atoms with Crippen LogP contribution in [0.3, 0.4) is 0 Å². The smallest absolute Gasteiger partial charge is 0.262 e. The molecule has 1 saturated heterocycles. The van der Waals surface area contributed by atoms with Gasteiger partial charge < -0.3 is 10.3 Å². The molecule has 1 atom stereocenters. The molecule has 31 heavy (non-hydrogen) atoms. The van der Waals surface area contributed by atoms with Gasteiger partial charge in [-0.3, -0.25) is 19.1 Å². The number of carbonyl (C=O) groups is 1. The zero-order valence-corrected chi connectivity index (χ0v) is 18.9. The molecule has 1 fully saturated rings. The van der Waals surface area contributed by atoms with E-state index in [-0.39, 0.29) is 11.5 Å². The number of aromatic nitrogens is 2. The summed E-state index contributed by atoms with van der Waals surface area (Å²) in [6.07, 6.45) is 2.27. The lowest BCUT2D eigenvalue weighted by molar-refractivity contribution is 0.0941. The first-order chi connectivity index (χ1) is 15.0. The number of amides is 1. The van der Waals surface area contributed by atoms with Crippen LogP contribution >= 0.6 is 23.8 Å². The second kappa shape index (κ2) is 9.34. The number of carbonyl (C=O) groups excluding carboxylic acids is 1.